The van der Waals surface area contributed by atoms with E-state index < -0.39 is 16.0 Å². The zero-order valence-electron chi connectivity index (χ0n) is 15.5. The van der Waals surface area contributed by atoms with Crippen LogP contribution in [0.5, 0.6) is 11.5 Å². The van der Waals surface area contributed by atoms with Crippen molar-refractivity contribution in [3.8, 4) is 11.5 Å². The van der Waals surface area contributed by atoms with Gasteiger partial charge in [0, 0.05) is 0 Å². The minimum atomic E-state index is -3.92. The number of hydrogen-bond acceptors (Lipinski definition) is 5. The molecule has 0 aromatic heterocycles. The molecule has 8 heteroatoms. The standard InChI is InChI=1S/C21H18ClNO5S/c1-2-27-21(24)17-7-3-5-9-19(17)23-29(25,26)16-13-11-15(12-14-16)28-20-10-6-4-8-18(20)22/h3-14,23H,2H2,1H3. The Kier molecular flexibility index (Phi) is 6.41. The number of ether oxygens (including phenoxy) is 2. The highest BCUT2D eigenvalue weighted by atomic mass is 35.5. The van der Waals surface area contributed by atoms with Gasteiger partial charge in [0.25, 0.3) is 10.0 Å². The number of halogens is 1. The monoisotopic (exact) mass is 431 g/mol. The number of rotatable bonds is 7. The zero-order chi connectivity index (χ0) is 20.9. The van der Waals surface area contributed by atoms with Crippen molar-refractivity contribution in [2.75, 3.05) is 11.3 Å². The van der Waals surface area contributed by atoms with Gasteiger partial charge in [-0.25, -0.2) is 13.2 Å². The van der Waals surface area contributed by atoms with Gasteiger partial charge in [-0.1, -0.05) is 35.9 Å². The Balaban J connectivity index is 1.80. The van der Waals surface area contributed by atoms with Crippen molar-refractivity contribution in [2.24, 2.45) is 0 Å². The van der Waals surface area contributed by atoms with Gasteiger partial charge >= 0.3 is 5.97 Å². The Hall–Kier alpha value is -3.03. The number of benzene rings is 3. The van der Waals surface area contributed by atoms with Crippen molar-refractivity contribution >= 4 is 33.3 Å². The van der Waals surface area contributed by atoms with E-state index in [1.807, 2.05) is 0 Å². The van der Waals surface area contributed by atoms with Crippen LogP contribution in [0.4, 0.5) is 5.69 Å². The molecule has 150 valence electrons. The summed E-state index contributed by atoms with van der Waals surface area (Å²) in [5.74, 6) is 0.296. The summed E-state index contributed by atoms with van der Waals surface area (Å²) in [6.07, 6.45) is 0. The fourth-order valence-electron chi connectivity index (χ4n) is 2.50. The van der Waals surface area contributed by atoms with E-state index >= 15 is 0 Å². The Labute approximate surface area is 174 Å². The summed E-state index contributed by atoms with van der Waals surface area (Å²) in [4.78, 5) is 12.1. The summed E-state index contributed by atoms with van der Waals surface area (Å²) in [5.41, 5.74) is 0.277. The van der Waals surface area contributed by atoms with E-state index in [2.05, 4.69) is 4.72 Å². The molecule has 0 atom stereocenters. The van der Waals surface area contributed by atoms with Gasteiger partial charge < -0.3 is 9.47 Å². The summed E-state index contributed by atoms with van der Waals surface area (Å²) < 4.78 is 38.5. The second-order valence-electron chi connectivity index (χ2n) is 5.88. The minimum absolute atomic E-state index is 0.0164. The summed E-state index contributed by atoms with van der Waals surface area (Å²) in [7, 11) is -3.92. The highest BCUT2D eigenvalue weighted by Crippen LogP contribution is 2.29. The lowest BCUT2D eigenvalue weighted by molar-refractivity contribution is 0.0527. The maximum absolute atomic E-state index is 12.7. The maximum atomic E-state index is 12.7. The number of carbonyl (C=O) groups is 1. The minimum Gasteiger partial charge on any atom is -0.462 e. The molecule has 0 heterocycles. The van der Waals surface area contributed by atoms with Gasteiger partial charge in [0.2, 0.25) is 0 Å². The topological polar surface area (TPSA) is 81.7 Å². The van der Waals surface area contributed by atoms with E-state index in [0.29, 0.717) is 16.5 Å². The molecule has 3 rings (SSSR count). The van der Waals surface area contributed by atoms with Gasteiger partial charge in [-0.15, -0.1) is 0 Å². The molecule has 0 unspecified atom stereocenters. The number of para-hydroxylation sites is 2. The molecule has 0 bridgehead atoms. The molecule has 3 aromatic carbocycles. The van der Waals surface area contributed by atoms with Gasteiger partial charge in [-0.3, -0.25) is 4.72 Å². The second kappa shape index (κ2) is 8.98. The quantitative estimate of drug-likeness (QED) is 0.525. The molecular weight excluding hydrogens is 414 g/mol. The van der Waals surface area contributed by atoms with Gasteiger partial charge in [0.1, 0.15) is 11.5 Å². The normalized spacial score (nSPS) is 11.0. The molecule has 0 aliphatic rings. The van der Waals surface area contributed by atoms with Crippen molar-refractivity contribution < 1.29 is 22.7 Å². The number of anilines is 1. The van der Waals surface area contributed by atoms with Gasteiger partial charge in [-0.2, -0.15) is 0 Å². The molecule has 0 saturated carbocycles. The first-order valence-corrected chi connectivity index (χ1v) is 10.6. The molecule has 3 aromatic rings. The van der Waals surface area contributed by atoms with Crippen LogP contribution >= 0.6 is 11.6 Å². The van der Waals surface area contributed by atoms with Crippen molar-refractivity contribution in [1.82, 2.24) is 0 Å². The van der Waals surface area contributed by atoms with E-state index in [0.717, 1.165) is 0 Å². The van der Waals surface area contributed by atoms with E-state index in [1.165, 1.54) is 36.4 Å². The Morgan fingerprint density at radius 3 is 2.31 bits per heavy atom. The first-order chi connectivity index (χ1) is 13.9. The average Bonchev–Trinajstić information content (AvgIpc) is 2.70. The van der Waals surface area contributed by atoms with Crippen LogP contribution in [0.3, 0.4) is 0 Å². The van der Waals surface area contributed by atoms with Crippen LogP contribution in [0.1, 0.15) is 17.3 Å². The lowest BCUT2D eigenvalue weighted by atomic mass is 10.2. The van der Waals surface area contributed by atoms with E-state index in [-0.39, 0.29) is 22.8 Å². The zero-order valence-corrected chi connectivity index (χ0v) is 17.0. The van der Waals surface area contributed by atoms with E-state index in [1.54, 1.807) is 43.3 Å². The second-order valence-corrected chi connectivity index (χ2v) is 7.97. The third-order valence-electron chi connectivity index (χ3n) is 3.87. The van der Waals surface area contributed by atoms with Gasteiger partial charge in [0.15, 0.2) is 0 Å². The van der Waals surface area contributed by atoms with Crippen LogP contribution in [0.15, 0.2) is 77.7 Å². The summed E-state index contributed by atoms with van der Waals surface area (Å²) in [5, 5.41) is 0.446. The first-order valence-electron chi connectivity index (χ1n) is 8.72. The molecule has 0 aliphatic heterocycles. The smallest absolute Gasteiger partial charge is 0.340 e. The lowest BCUT2D eigenvalue weighted by Crippen LogP contribution is -2.16. The van der Waals surface area contributed by atoms with Crippen LogP contribution < -0.4 is 9.46 Å². The highest BCUT2D eigenvalue weighted by Gasteiger charge is 2.19. The molecule has 0 spiro atoms. The summed E-state index contributed by atoms with van der Waals surface area (Å²) >= 11 is 6.06. The molecule has 0 amide bonds. The van der Waals surface area contributed by atoms with E-state index in [4.69, 9.17) is 21.1 Å². The molecule has 0 aliphatic carbocycles. The predicted octanol–water partition coefficient (Wildman–Crippen LogP) is 5.11. The number of carbonyl (C=O) groups excluding carboxylic acids is 1. The molecular formula is C21H18ClNO5S. The average molecular weight is 432 g/mol. The van der Waals surface area contributed by atoms with Crippen LogP contribution in [0.25, 0.3) is 0 Å². The van der Waals surface area contributed by atoms with Crippen LogP contribution in [0, 0.1) is 0 Å². The van der Waals surface area contributed by atoms with Crippen molar-refractivity contribution in [1.29, 1.82) is 0 Å². The molecule has 0 radical (unpaired) electrons. The fourth-order valence-corrected chi connectivity index (χ4v) is 3.76. The third kappa shape index (κ3) is 5.07. The Morgan fingerprint density at radius 2 is 1.62 bits per heavy atom. The lowest BCUT2D eigenvalue weighted by Gasteiger charge is -2.12. The molecule has 29 heavy (non-hydrogen) atoms. The fraction of sp³-hybridized carbons (Fsp3) is 0.0952. The summed E-state index contributed by atoms with van der Waals surface area (Å²) in [6, 6.07) is 19.1. The first kappa shape index (κ1) is 20.7. The maximum Gasteiger partial charge on any atom is 0.340 e. The molecule has 1 N–H and O–H groups in total. The number of hydrogen-bond donors (Lipinski definition) is 1. The molecule has 0 saturated heterocycles. The number of sulfonamides is 1. The SMILES string of the molecule is CCOC(=O)c1ccccc1NS(=O)(=O)c1ccc(Oc2ccccc2Cl)cc1. The summed E-state index contributed by atoms with van der Waals surface area (Å²) in [6.45, 7) is 1.86. The Bertz CT molecular complexity index is 1110. The van der Waals surface area contributed by atoms with Crippen molar-refractivity contribution in [2.45, 2.75) is 11.8 Å². The van der Waals surface area contributed by atoms with Gasteiger partial charge in [-0.05, 0) is 55.5 Å². The largest absolute Gasteiger partial charge is 0.462 e. The van der Waals surface area contributed by atoms with Crippen molar-refractivity contribution in [3.63, 3.8) is 0 Å². The van der Waals surface area contributed by atoms with E-state index in [9.17, 15) is 13.2 Å². The van der Waals surface area contributed by atoms with Gasteiger partial charge in [0.05, 0.1) is 27.8 Å². The molecule has 6 nitrogen and oxygen atoms in total. The number of esters is 1. The third-order valence-corrected chi connectivity index (χ3v) is 5.56. The van der Waals surface area contributed by atoms with Crippen LogP contribution in [-0.2, 0) is 14.8 Å². The Morgan fingerprint density at radius 1 is 0.966 bits per heavy atom. The molecule has 0 fully saturated rings. The van der Waals surface area contributed by atoms with Crippen molar-refractivity contribution in [3.05, 3.63) is 83.4 Å². The predicted molar refractivity (Wildman–Crippen MR) is 111 cm³/mol. The number of nitrogens with one attached hydrogen (secondary N) is 1. The van der Waals surface area contributed by atoms with Crippen LogP contribution in [0.2, 0.25) is 5.02 Å². The highest BCUT2D eigenvalue weighted by molar-refractivity contribution is 7.92. The van der Waals surface area contributed by atoms with Crippen LogP contribution in [-0.4, -0.2) is 21.0 Å².